The van der Waals surface area contributed by atoms with Gasteiger partial charge in [0.25, 0.3) is 0 Å². The molecule has 0 heterocycles. The third kappa shape index (κ3) is 10.6. The van der Waals surface area contributed by atoms with Crippen molar-refractivity contribution in [1.29, 1.82) is 0 Å². The molecular weight excluding hydrogens is 185 g/mol. The van der Waals surface area contributed by atoms with E-state index in [1.54, 1.807) is 5.02 Å². The second kappa shape index (κ2) is 8.72. The Kier molecular flexibility index (Phi) is 9.21. The SMILES string of the molecule is CCCCCCC[CH2][Zn]([CH3])[CH3]. The second-order valence-corrected chi connectivity index (χ2v) is 13.0. The summed E-state index contributed by atoms with van der Waals surface area (Å²) >= 11 is -0.796. The number of unbranched alkanes of at least 4 members (excludes halogenated alkanes) is 5. The van der Waals surface area contributed by atoms with E-state index < -0.39 is 16.0 Å². The Hall–Kier alpha value is 0.623. The fraction of sp³-hybridized carbons (Fsp3) is 1.00. The van der Waals surface area contributed by atoms with Crippen LogP contribution in [0, 0.1) is 0 Å². The molecule has 0 amide bonds. The molecular formula is C10H23Zn. The maximum absolute atomic E-state index is 2.52. The van der Waals surface area contributed by atoms with E-state index in [2.05, 4.69) is 18.0 Å². The van der Waals surface area contributed by atoms with E-state index in [1.165, 1.54) is 38.5 Å². The van der Waals surface area contributed by atoms with Crippen LogP contribution < -0.4 is 0 Å². The molecule has 0 aliphatic carbocycles. The average molecular weight is 209 g/mol. The van der Waals surface area contributed by atoms with Gasteiger partial charge in [-0.3, -0.25) is 0 Å². The Morgan fingerprint density at radius 3 is 1.91 bits per heavy atom. The van der Waals surface area contributed by atoms with Gasteiger partial charge in [0.2, 0.25) is 0 Å². The summed E-state index contributed by atoms with van der Waals surface area (Å²) in [5, 5.41) is 1.63. The van der Waals surface area contributed by atoms with Crippen LogP contribution in [0.25, 0.3) is 0 Å². The fourth-order valence-corrected chi connectivity index (χ4v) is 4.30. The Balaban J connectivity index is 2.80. The molecule has 0 aliphatic heterocycles. The van der Waals surface area contributed by atoms with E-state index in [0.29, 0.717) is 0 Å². The van der Waals surface area contributed by atoms with Crippen molar-refractivity contribution in [3.8, 4) is 0 Å². The van der Waals surface area contributed by atoms with Crippen LogP contribution in [0.4, 0.5) is 0 Å². The number of hydrogen-bond acceptors (Lipinski definition) is 0. The predicted octanol–water partition coefficient (Wildman–Crippen LogP) is 4.48. The first kappa shape index (κ1) is 11.6. The molecule has 0 aromatic carbocycles. The Bertz CT molecular complexity index is 69.3. The van der Waals surface area contributed by atoms with Crippen molar-refractivity contribution in [3.05, 3.63) is 0 Å². The molecule has 1 heteroatoms. The second-order valence-electron chi connectivity index (χ2n) is 4.33. The molecule has 65 valence electrons. The van der Waals surface area contributed by atoms with Gasteiger partial charge in [-0.15, -0.1) is 0 Å². The number of rotatable bonds is 7. The standard InChI is InChI=1S/C8H17.2CH3.Zn/c1-3-5-7-8-6-4-2;;;/h1,3-8H2,2H3;2*1H3;. The molecule has 0 aromatic rings. The summed E-state index contributed by atoms with van der Waals surface area (Å²) in [6, 6.07) is 0. The molecule has 0 saturated heterocycles. The van der Waals surface area contributed by atoms with Gasteiger partial charge in [-0.1, -0.05) is 0 Å². The van der Waals surface area contributed by atoms with Crippen LogP contribution in [-0.4, -0.2) is 0 Å². The van der Waals surface area contributed by atoms with Crippen LogP contribution in [0.15, 0.2) is 0 Å². The Labute approximate surface area is 77.7 Å². The zero-order valence-corrected chi connectivity index (χ0v) is 11.6. The summed E-state index contributed by atoms with van der Waals surface area (Å²) in [6.45, 7) is 2.28. The molecule has 0 rings (SSSR count). The van der Waals surface area contributed by atoms with Gasteiger partial charge in [0.1, 0.15) is 0 Å². The van der Waals surface area contributed by atoms with Crippen molar-refractivity contribution in [2.45, 2.75) is 61.5 Å². The molecule has 11 heavy (non-hydrogen) atoms. The zero-order valence-electron chi connectivity index (χ0n) is 8.66. The molecule has 0 fully saturated rings. The van der Waals surface area contributed by atoms with Crippen LogP contribution >= 0.6 is 0 Å². The Morgan fingerprint density at radius 1 is 0.818 bits per heavy atom. The molecule has 0 radical (unpaired) electrons. The van der Waals surface area contributed by atoms with Crippen molar-refractivity contribution in [2.24, 2.45) is 0 Å². The third-order valence-corrected chi connectivity index (χ3v) is 6.33. The van der Waals surface area contributed by atoms with Gasteiger partial charge in [-0.2, -0.15) is 0 Å². The predicted molar refractivity (Wildman–Crippen MR) is 49.9 cm³/mol. The maximum atomic E-state index is 2.52. The van der Waals surface area contributed by atoms with Gasteiger partial charge in [-0.05, 0) is 0 Å². The molecule has 0 unspecified atom stereocenters. The van der Waals surface area contributed by atoms with Crippen molar-refractivity contribution in [1.82, 2.24) is 0 Å². The van der Waals surface area contributed by atoms with E-state index in [0.717, 1.165) is 0 Å². The van der Waals surface area contributed by atoms with E-state index in [9.17, 15) is 0 Å². The van der Waals surface area contributed by atoms with Crippen molar-refractivity contribution in [3.63, 3.8) is 0 Å². The fourth-order valence-electron chi connectivity index (χ4n) is 1.46. The number of hydrogen-bond donors (Lipinski definition) is 0. The van der Waals surface area contributed by atoms with E-state index in [-0.39, 0.29) is 0 Å². The van der Waals surface area contributed by atoms with E-state index >= 15 is 0 Å². The molecule has 0 N–H and O–H groups in total. The summed E-state index contributed by atoms with van der Waals surface area (Å²) in [5.74, 6) is 0. The summed E-state index contributed by atoms with van der Waals surface area (Å²) in [7, 11) is 0. The summed E-state index contributed by atoms with van der Waals surface area (Å²) < 4.78 is 0. The first-order valence-electron chi connectivity index (χ1n) is 5.62. The van der Waals surface area contributed by atoms with Crippen LogP contribution in [0.5, 0.6) is 0 Å². The molecule has 0 aromatic heterocycles. The van der Waals surface area contributed by atoms with Gasteiger partial charge in [0.05, 0.1) is 0 Å². The molecule has 0 atom stereocenters. The minimum absolute atomic E-state index is 0.796. The Morgan fingerprint density at radius 2 is 1.36 bits per heavy atom. The summed E-state index contributed by atoms with van der Waals surface area (Å²) in [5.41, 5.74) is 5.04. The average Bonchev–Trinajstić information content (AvgIpc) is 1.96. The van der Waals surface area contributed by atoms with Gasteiger partial charge < -0.3 is 0 Å². The van der Waals surface area contributed by atoms with Crippen LogP contribution in [0.1, 0.15) is 45.4 Å². The van der Waals surface area contributed by atoms with Crippen LogP contribution in [0.3, 0.4) is 0 Å². The first-order chi connectivity index (χ1) is 5.27. The zero-order chi connectivity index (χ0) is 8.53. The quantitative estimate of drug-likeness (QED) is 0.428. The summed E-state index contributed by atoms with van der Waals surface area (Å²) in [4.78, 5) is 0. The van der Waals surface area contributed by atoms with Gasteiger partial charge in [0.15, 0.2) is 0 Å². The molecule has 0 spiro atoms. The van der Waals surface area contributed by atoms with Gasteiger partial charge >= 0.3 is 77.5 Å². The van der Waals surface area contributed by atoms with Crippen molar-refractivity contribution in [2.75, 3.05) is 0 Å². The molecule has 0 nitrogen and oxygen atoms in total. The molecule has 0 aliphatic rings. The molecule has 0 bridgehead atoms. The van der Waals surface area contributed by atoms with Crippen molar-refractivity contribution >= 4 is 0 Å². The van der Waals surface area contributed by atoms with Gasteiger partial charge in [0, 0.05) is 0 Å². The van der Waals surface area contributed by atoms with E-state index in [1.807, 2.05) is 0 Å². The van der Waals surface area contributed by atoms with Gasteiger partial charge in [-0.25, -0.2) is 0 Å². The van der Waals surface area contributed by atoms with Crippen molar-refractivity contribution < 1.29 is 16.0 Å². The van der Waals surface area contributed by atoms with Crippen LogP contribution in [-0.2, 0) is 16.0 Å². The third-order valence-electron chi connectivity index (χ3n) is 2.31. The van der Waals surface area contributed by atoms with Crippen LogP contribution in [0.2, 0.25) is 16.1 Å². The normalized spacial score (nSPS) is 10.1. The monoisotopic (exact) mass is 207 g/mol. The molecule has 0 saturated carbocycles. The summed E-state index contributed by atoms with van der Waals surface area (Å²) in [6.07, 6.45) is 8.84. The van der Waals surface area contributed by atoms with E-state index in [4.69, 9.17) is 0 Å². The first-order valence-corrected chi connectivity index (χ1v) is 13.7. The minimum atomic E-state index is -0.796. The topological polar surface area (TPSA) is 0 Å².